The molecular formula is C17H13ClF3IN2O3. The molecule has 0 saturated heterocycles. The largest absolute Gasteiger partial charge is 0.387 e. The minimum atomic E-state index is -1.73. The fourth-order valence-electron chi connectivity index (χ4n) is 2.20. The van der Waals surface area contributed by atoms with Crippen LogP contribution in [0.25, 0.3) is 0 Å². The predicted molar refractivity (Wildman–Crippen MR) is 101 cm³/mol. The number of carbonyl (C=O) groups is 1. The zero-order valence-electron chi connectivity index (χ0n) is 13.6. The Balaban J connectivity index is 1.88. The molecule has 0 unspecified atom stereocenters. The van der Waals surface area contributed by atoms with Crippen LogP contribution < -0.4 is 10.8 Å². The number of benzene rings is 2. The highest BCUT2D eigenvalue weighted by Crippen LogP contribution is 2.35. The average Bonchev–Trinajstić information content (AvgIpc) is 3.34. The Kier molecular flexibility index (Phi) is 5.84. The third kappa shape index (κ3) is 4.65. The molecule has 1 aliphatic carbocycles. The summed E-state index contributed by atoms with van der Waals surface area (Å²) in [5.41, 5.74) is 0.0727. The molecule has 0 heterocycles. The maximum atomic E-state index is 14.3. The van der Waals surface area contributed by atoms with Crippen LogP contribution in [0.2, 0.25) is 5.02 Å². The van der Waals surface area contributed by atoms with Gasteiger partial charge < -0.3 is 10.4 Å². The van der Waals surface area contributed by atoms with Crippen molar-refractivity contribution in [1.82, 2.24) is 5.48 Å². The molecule has 0 aliphatic heterocycles. The fourth-order valence-corrected chi connectivity index (χ4v) is 3.10. The van der Waals surface area contributed by atoms with Gasteiger partial charge in [0, 0.05) is 3.57 Å². The number of rotatable bonds is 6. The minimum absolute atomic E-state index is 0.170. The molecule has 1 saturated carbocycles. The van der Waals surface area contributed by atoms with E-state index in [1.807, 2.05) is 28.1 Å². The normalized spacial score (nSPS) is 14.7. The van der Waals surface area contributed by atoms with Gasteiger partial charge >= 0.3 is 0 Å². The lowest BCUT2D eigenvalue weighted by Gasteiger charge is -2.16. The second kappa shape index (κ2) is 7.82. The molecule has 27 heavy (non-hydrogen) atoms. The van der Waals surface area contributed by atoms with Crippen molar-refractivity contribution in [2.45, 2.75) is 18.4 Å². The van der Waals surface area contributed by atoms with Crippen molar-refractivity contribution in [3.05, 3.63) is 55.9 Å². The monoisotopic (exact) mass is 512 g/mol. The van der Waals surface area contributed by atoms with Gasteiger partial charge in [0.1, 0.15) is 6.61 Å². The molecule has 2 aromatic rings. The molecule has 3 rings (SSSR count). The maximum Gasteiger partial charge on any atom is 0.277 e. The van der Waals surface area contributed by atoms with E-state index in [2.05, 4.69) is 5.32 Å². The molecule has 10 heteroatoms. The number of hydrogen-bond acceptors (Lipinski definition) is 4. The lowest BCUT2D eigenvalue weighted by atomic mass is 10.1. The number of hydroxylamine groups is 1. The number of aliphatic hydroxyl groups is 1. The summed E-state index contributed by atoms with van der Waals surface area (Å²) in [4.78, 5) is 17.2. The van der Waals surface area contributed by atoms with Crippen molar-refractivity contribution in [1.29, 1.82) is 0 Å². The first-order valence-electron chi connectivity index (χ1n) is 7.74. The molecule has 144 valence electrons. The van der Waals surface area contributed by atoms with Crippen LogP contribution in [0.15, 0.2) is 24.3 Å². The van der Waals surface area contributed by atoms with Crippen LogP contribution >= 0.6 is 34.2 Å². The maximum absolute atomic E-state index is 14.3. The Morgan fingerprint density at radius 2 is 1.96 bits per heavy atom. The zero-order valence-corrected chi connectivity index (χ0v) is 16.5. The van der Waals surface area contributed by atoms with Gasteiger partial charge in [-0.1, -0.05) is 11.6 Å². The van der Waals surface area contributed by atoms with E-state index in [0.29, 0.717) is 18.9 Å². The summed E-state index contributed by atoms with van der Waals surface area (Å²) in [6.07, 6.45) is 1.06. The third-order valence-electron chi connectivity index (χ3n) is 3.93. The molecule has 0 spiro atoms. The Hall–Kier alpha value is -1.56. The predicted octanol–water partition coefficient (Wildman–Crippen LogP) is 4.29. The van der Waals surface area contributed by atoms with Gasteiger partial charge in [0.15, 0.2) is 17.5 Å². The average molecular weight is 513 g/mol. The number of amides is 1. The summed E-state index contributed by atoms with van der Waals surface area (Å²) in [6, 6.07) is 5.28. The Morgan fingerprint density at radius 3 is 2.59 bits per heavy atom. The lowest BCUT2D eigenvalue weighted by molar-refractivity contribution is -0.0230. The standard InChI is InChI=1S/C17H13ClF3IN2O3/c18-10-5-8(22)1-2-12(10)23-15-9(6-11(19)13(20)14(15)21)16(25)24-27-7-17(26)3-4-17/h1-2,5-6,23,26H,3-4,7H2,(H,24,25). The minimum Gasteiger partial charge on any atom is -0.387 e. The number of halogens is 5. The van der Waals surface area contributed by atoms with Crippen molar-refractivity contribution in [3.8, 4) is 0 Å². The third-order valence-corrected chi connectivity index (χ3v) is 4.91. The molecule has 5 nitrogen and oxygen atoms in total. The zero-order chi connectivity index (χ0) is 19.8. The summed E-state index contributed by atoms with van der Waals surface area (Å²) >= 11 is 8.08. The van der Waals surface area contributed by atoms with Gasteiger partial charge in [-0.25, -0.2) is 18.7 Å². The van der Waals surface area contributed by atoms with Gasteiger partial charge in [-0.05, 0) is 59.7 Å². The van der Waals surface area contributed by atoms with Gasteiger partial charge in [0.2, 0.25) is 0 Å². The van der Waals surface area contributed by atoms with Crippen molar-refractivity contribution >= 4 is 51.5 Å². The van der Waals surface area contributed by atoms with Crippen molar-refractivity contribution < 1.29 is 27.9 Å². The van der Waals surface area contributed by atoms with E-state index in [9.17, 15) is 23.1 Å². The number of nitrogens with one attached hydrogen (secondary N) is 2. The van der Waals surface area contributed by atoms with Crippen LogP contribution in [-0.4, -0.2) is 23.2 Å². The SMILES string of the molecule is O=C(NOCC1(O)CC1)c1cc(F)c(F)c(F)c1Nc1ccc(I)cc1Cl. The Bertz CT molecular complexity index is 909. The number of hydrogen-bond donors (Lipinski definition) is 3. The smallest absolute Gasteiger partial charge is 0.277 e. The molecule has 0 bridgehead atoms. The van der Waals surface area contributed by atoms with Crippen LogP contribution in [0.5, 0.6) is 0 Å². The first-order chi connectivity index (χ1) is 12.7. The molecule has 0 aromatic heterocycles. The van der Waals surface area contributed by atoms with E-state index in [4.69, 9.17) is 16.4 Å². The highest BCUT2D eigenvalue weighted by atomic mass is 127. The highest BCUT2D eigenvalue weighted by Gasteiger charge is 2.41. The van der Waals surface area contributed by atoms with Crippen LogP contribution in [0.1, 0.15) is 23.2 Å². The van der Waals surface area contributed by atoms with E-state index in [1.54, 1.807) is 12.1 Å². The Labute approximate surface area is 170 Å². The number of anilines is 2. The Morgan fingerprint density at radius 1 is 1.26 bits per heavy atom. The number of carbonyl (C=O) groups excluding carboxylic acids is 1. The summed E-state index contributed by atoms with van der Waals surface area (Å²) in [7, 11) is 0. The van der Waals surface area contributed by atoms with Gasteiger partial charge in [-0.15, -0.1) is 0 Å². The van der Waals surface area contributed by atoms with E-state index in [-0.39, 0.29) is 17.3 Å². The first-order valence-corrected chi connectivity index (χ1v) is 9.20. The lowest BCUT2D eigenvalue weighted by Crippen LogP contribution is -2.30. The molecule has 0 atom stereocenters. The van der Waals surface area contributed by atoms with E-state index < -0.39 is 40.2 Å². The van der Waals surface area contributed by atoms with Gasteiger partial charge in [0.25, 0.3) is 5.91 Å². The molecule has 1 fully saturated rings. The summed E-state index contributed by atoms with van der Waals surface area (Å²) in [5.74, 6) is -5.85. The van der Waals surface area contributed by atoms with Crippen molar-refractivity contribution in [3.63, 3.8) is 0 Å². The second-order valence-electron chi connectivity index (χ2n) is 6.10. The van der Waals surface area contributed by atoms with Gasteiger partial charge in [0.05, 0.1) is 27.6 Å². The summed E-state index contributed by atoms with van der Waals surface area (Å²) in [5, 5.41) is 12.4. The van der Waals surface area contributed by atoms with Crippen LogP contribution in [-0.2, 0) is 4.84 Å². The molecular weight excluding hydrogens is 500 g/mol. The van der Waals surface area contributed by atoms with Crippen LogP contribution in [0.3, 0.4) is 0 Å². The van der Waals surface area contributed by atoms with Crippen molar-refractivity contribution in [2.75, 3.05) is 11.9 Å². The fraction of sp³-hybridized carbons (Fsp3) is 0.235. The van der Waals surface area contributed by atoms with Gasteiger partial charge in [-0.3, -0.25) is 9.63 Å². The van der Waals surface area contributed by atoms with Crippen molar-refractivity contribution in [2.24, 2.45) is 0 Å². The molecule has 1 amide bonds. The van der Waals surface area contributed by atoms with Gasteiger partial charge in [-0.2, -0.15) is 0 Å². The van der Waals surface area contributed by atoms with Crippen LogP contribution in [0, 0.1) is 21.0 Å². The quantitative estimate of drug-likeness (QED) is 0.307. The van der Waals surface area contributed by atoms with E-state index >= 15 is 0 Å². The molecule has 0 radical (unpaired) electrons. The molecule has 1 aliphatic rings. The first kappa shape index (κ1) is 20.2. The molecule has 2 aromatic carbocycles. The topological polar surface area (TPSA) is 70.6 Å². The van der Waals surface area contributed by atoms with E-state index in [1.165, 1.54) is 6.07 Å². The van der Waals surface area contributed by atoms with Crippen LogP contribution in [0.4, 0.5) is 24.5 Å². The van der Waals surface area contributed by atoms with E-state index in [0.717, 1.165) is 3.57 Å². The summed E-state index contributed by atoms with van der Waals surface area (Å²) < 4.78 is 42.5. The summed E-state index contributed by atoms with van der Waals surface area (Å²) in [6.45, 7) is -0.170. The second-order valence-corrected chi connectivity index (χ2v) is 7.76. The highest BCUT2D eigenvalue weighted by molar-refractivity contribution is 14.1. The molecule has 3 N–H and O–H groups in total.